The number of aliphatic hydroxyl groups excluding tert-OH is 1. The first-order valence-electron chi connectivity index (χ1n) is 7.79. The number of hydrogen-bond donors (Lipinski definition) is 3. The first kappa shape index (κ1) is 18.9. The van der Waals surface area contributed by atoms with Crippen LogP contribution in [0.5, 0.6) is 0 Å². The Kier molecular flexibility index (Phi) is 6.53. The van der Waals surface area contributed by atoms with Gasteiger partial charge in [-0.3, -0.25) is 0 Å². The fourth-order valence-electron chi connectivity index (χ4n) is 2.29. The lowest BCUT2D eigenvalue weighted by Gasteiger charge is -2.06. The maximum atomic E-state index is 10.6. The van der Waals surface area contributed by atoms with E-state index in [1.54, 1.807) is 18.2 Å². The van der Waals surface area contributed by atoms with E-state index in [1.807, 2.05) is 55.5 Å². The highest BCUT2D eigenvalue weighted by Crippen LogP contribution is 2.20. The predicted molar refractivity (Wildman–Crippen MR) is 101 cm³/mol. The molecule has 0 aliphatic carbocycles. The summed E-state index contributed by atoms with van der Waals surface area (Å²) in [5.74, 6) is -1.23. The SMILES string of the molecule is C[C@H](N)c1ccc(Cl)cc1.O=C(O)[C@@H](O)c1ccc2ccccc2c1. The first-order chi connectivity index (χ1) is 11.9. The maximum absolute atomic E-state index is 10.6. The molecule has 0 radical (unpaired) electrons. The number of carbonyl (C=O) groups is 1. The molecule has 3 aromatic carbocycles. The lowest BCUT2D eigenvalue weighted by molar-refractivity contribution is -0.146. The molecule has 0 unspecified atom stereocenters. The van der Waals surface area contributed by atoms with Crippen molar-refractivity contribution in [3.63, 3.8) is 0 Å². The van der Waals surface area contributed by atoms with Gasteiger partial charge in [0, 0.05) is 11.1 Å². The van der Waals surface area contributed by atoms with Crippen LogP contribution in [0.2, 0.25) is 5.02 Å². The van der Waals surface area contributed by atoms with E-state index in [-0.39, 0.29) is 6.04 Å². The summed E-state index contributed by atoms with van der Waals surface area (Å²) in [6.07, 6.45) is -1.45. The Bertz CT molecular complexity index is 847. The zero-order valence-corrected chi connectivity index (χ0v) is 14.5. The van der Waals surface area contributed by atoms with Crippen LogP contribution in [0.1, 0.15) is 30.2 Å². The minimum absolute atomic E-state index is 0.0947. The van der Waals surface area contributed by atoms with Crippen LogP contribution in [0.4, 0.5) is 0 Å². The van der Waals surface area contributed by atoms with Crippen molar-refractivity contribution in [2.45, 2.75) is 19.1 Å². The molecule has 25 heavy (non-hydrogen) atoms. The minimum Gasteiger partial charge on any atom is -0.479 e. The molecular weight excluding hydrogens is 338 g/mol. The van der Waals surface area contributed by atoms with Gasteiger partial charge in [0.05, 0.1) is 0 Å². The molecule has 4 nitrogen and oxygen atoms in total. The molecule has 0 heterocycles. The van der Waals surface area contributed by atoms with Crippen LogP contribution in [-0.4, -0.2) is 16.2 Å². The predicted octanol–water partition coefficient (Wildman–Crippen LogP) is 4.32. The number of carboxylic acids is 1. The average Bonchev–Trinajstić information content (AvgIpc) is 2.61. The Labute approximate surface area is 151 Å². The van der Waals surface area contributed by atoms with Crippen LogP contribution < -0.4 is 5.73 Å². The van der Waals surface area contributed by atoms with Crippen molar-refractivity contribution >= 4 is 28.3 Å². The molecule has 0 aliphatic rings. The molecule has 0 saturated heterocycles. The molecule has 130 valence electrons. The third-order valence-electron chi connectivity index (χ3n) is 3.72. The standard InChI is InChI=1S/C12H10O3.C8H10ClN/c13-11(12(14)15)10-6-5-8-3-1-2-4-9(8)7-10;1-6(10)7-2-4-8(9)5-3-7/h1-7,11,13H,(H,14,15);2-6H,10H2,1H3/t11-;6-/m00/s1. The van der Waals surface area contributed by atoms with E-state index in [0.717, 1.165) is 21.4 Å². The van der Waals surface area contributed by atoms with Crippen molar-refractivity contribution in [3.8, 4) is 0 Å². The number of hydrogen-bond acceptors (Lipinski definition) is 3. The third kappa shape index (κ3) is 5.29. The monoisotopic (exact) mass is 357 g/mol. The first-order valence-corrected chi connectivity index (χ1v) is 8.17. The second kappa shape index (κ2) is 8.62. The fraction of sp³-hybridized carbons (Fsp3) is 0.150. The van der Waals surface area contributed by atoms with Gasteiger partial charge in [0.1, 0.15) is 0 Å². The highest BCUT2D eigenvalue weighted by molar-refractivity contribution is 6.30. The second-order valence-electron chi connectivity index (χ2n) is 5.69. The normalized spacial score (nSPS) is 12.8. The summed E-state index contributed by atoms with van der Waals surface area (Å²) in [5, 5.41) is 20.7. The van der Waals surface area contributed by atoms with Gasteiger partial charge in [-0.2, -0.15) is 0 Å². The Morgan fingerprint density at radius 2 is 1.52 bits per heavy atom. The van der Waals surface area contributed by atoms with E-state index >= 15 is 0 Å². The van der Waals surface area contributed by atoms with E-state index in [9.17, 15) is 9.90 Å². The zero-order valence-electron chi connectivity index (χ0n) is 13.8. The molecule has 0 bridgehead atoms. The van der Waals surface area contributed by atoms with Crippen LogP contribution in [-0.2, 0) is 4.79 Å². The van der Waals surface area contributed by atoms with E-state index in [2.05, 4.69) is 0 Å². The maximum Gasteiger partial charge on any atom is 0.337 e. The summed E-state index contributed by atoms with van der Waals surface area (Å²) in [6, 6.07) is 20.4. The van der Waals surface area contributed by atoms with Crippen LogP contribution in [0.15, 0.2) is 66.7 Å². The summed E-state index contributed by atoms with van der Waals surface area (Å²) >= 11 is 5.68. The number of halogens is 1. The fourth-order valence-corrected chi connectivity index (χ4v) is 2.41. The summed E-state index contributed by atoms with van der Waals surface area (Å²) in [6.45, 7) is 1.95. The molecule has 2 atom stereocenters. The molecular formula is C20H20ClNO3. The number of rotatable bonds is 3. The molecule has 0 saturated carbocycles. The Morgan fingerprint density at radius 3 is 2.08 bits per heavy atom. The lowest BCUT2D eigenvalue weighted by Crippen LogP contribution is -2.10. The Morgan fingerprint density at radius 1 is 0.960 bits per heavy atom. The molecule has 3 aromatic rings. The van der Waals surface area contributed by atoms with E-state index in [4.69, 9.17) is 22.4 Å². The highest BCUT2D eigenvalue weighted by Gasteiger charge is 2.15. The number of nitrogens with two attached hydrogens (primary N) is 1. The molecule has 4 N–H and O–H groups in total. The van der Waals surface area contributed by atoms with Crippen molar-refractivity contribution < 1.29 is 15.0 Å². The van der Waals surface area contributed by atoms with Crippen molar-refractivity contribution in [2.75, 3.05) is 0 Å². The number of carboxylic acid groups (broad SMARTS) is 1. The summed E-state index contributed by atoms with van der Waals surface area (Å²) < 4.78 is 0. The number of aliphatic hydroxyl groups is 1. The summed E-state index contributed by atoms with van der Waals surface area (Å²) in [5.41, 5.74) is 7.14. The number of aliphatic carboxylic acids is 1. The smallest absolute Gasteiger partial charge is 0.337 e. The van der Waals surface area contributed by atoms with Gasteiger partial charge in [-0.1, -0.05) is 60.1 Å². The van der Waals surface area contributed by atoms with Gasteiger partial charge in [0.25, 0.3) is 0 Å². The van der Waals surface area contributed by atoms with Gasteiger partial charge in [-0.15, -0.1) is 0 Å². The Balaban J connectivity index is 0.000000196. The quantitative estimate of drug-likeness (QED) is 0.652. The third-order valence-corrected chi connectivity index (χ3v) is 3.97. The molecule has 0 fully saturated rings. The van der Waals surface area contributed by atoms with E-state index in [0.29, 0.717) is 5.56 Å². The molecule has 0 aliphatic heterocycles. The lowest BCUT2D eigenvalue weighted by atomic mass is 10.0. The van der Waals surface area contributed by atoms with Crippen molar-refractivity contribution in [1.29, 1.82) is 0 Å². The van der Waals surface area contributed by atoms with E-state index < -0.39 is 12.1 Å². The van der Waals surface area contributed by atoms with Gasteiger partial charge in [-0.25, -0.2) is 4.79 Å². The van der Waals surface area contributed by atoms with Gasteiger partial charge in [0.2, 0.25) is 0 Å². The average molecular weight is 358 g/mol. The zero-order chi connectivity index (χ0) is 18.4. The minimum atomic E-state index is -1.45. The second-order valence-corrected chi connectivity index (χ2v) is 6.12. The molecule has 0 spiro atoms. The summed E-state index contributed by atoms with van der Waals surface area (Å²) in [4.78, 5) is 10.6. The van der Waals surface area contributed by atoms with E-state index in [1.165, 1.54) is 0 Å². The summed E-state index contributed by atoms with van der Waals surface area (Å²) in [7, 11) is 0. The molecule has 5 heteroatoms. The molecule has 0 aromatic heterocycles. The van der Waals surface area contributed by atoms with Gasteiger partial charge < -0.3 is 15.9 Å². The van der Waals surface area contributed by atoms with Crippen molar-refractivity contribution in [3.05, 3.63) is 82.9 Å². The van der Waals surface area contributed by atoms with Crippen LogP contribution >= 0.6 is 11.6 Å². The number of benzene rings is 3. The van der Waals surface area contributed by atoms with Crippen LogP contribution in [0, 0.1) is 0 Å². The van der Waals surface area contributed by atoms with Gasteiger partial charge in [-0.05, 0) is 47.0 Å². The van der Waals surface area contributed by atoms with Crippen LogP contribution in [0.25, 0.3) is 10.8 Å². The van der Waals surface area contributed by atoms with Crippen molar-refractivity contribution in [1.82, 2.24) is 0 Å². The molecule has 3 rings (SSSR count). The molecule has 0 amide bonds. The highest BCUT2D eigenvalue weighted by atomic mass is 35.5. The topological polar surface area (TPSA) is 83.6 Å². The van der Waals surface area contributed by atoms with Crippen LogP contribution in [0.3, 0.4) is 0 Å². The van der Waals surface area contributed by atoms with Gasteiger partial charge in [0.15, 0.2) is 6.10 Å². The number of fused-ring (bicyclic) bond motifs is 1. The van der Waals surface area contributed by atoms with Gasteiger partial charge >= 0.3 is 5.97 Å². The van der Waals surface area contributed by atoms with Crippen molar-refractivity contribution in [2.24, 2.45) is 5.73 Å². The largest absolute Gasteiger partial charge is 0.479 e. The Hall–Kier alpha value is -2.40.